The van der Waals surface area contributed by atoms with Gasteiger partial charge in [0.15, 0.2) is 6.61 Å². The van der Waals surface area contributed by atoms with Gasteiger partial charge in [0.1, 0.15) is 11.3 Å². The minimum Gasteiger partial charge on any atom is -0.483 e. The first-order chi connectivity index (χ1) is 14.8. The van der Waals surface area contributed by atoms with Gasteiger partial charge >= 0.3 is 5.97 Å². The highest BCUT2D eigenvalue weighted by Gasteiger charge is 2.23. The van der Waals surface area contributed by atoms with Gasteiger partial charge in [-0.05, 0) is 48.4 Å². The molecule has 0 saturated carbocycles. The minimum absolute atomic E-state index is 0.0871. The normalized spacial score (nSPS) is 11.6. The molecule has 3 aromatic carbocycles. The van der Waals surface area contributed by atoms with Crippen LogP contribution in [0.1, 0.15) is 34.5 Å². The van der Waals surface area contributed by atoms with E-state index in [4.69, 9.17) is 27.9 Å². The zero-order valence-electron chi connectivity index (χ0n) is 16.8. The number of ether oxygens (including phenoxy) is 1. The quantitative estimate of drug-likeness (QED) is 0.459. The lowest BCUT2D eigenvalue weighted by atomic mass is 10.1. The third-order valence-electron chi connectivity index (χ3n) is 4.86. The number of nitrogens with zero attached hydrogens (tertiary/aromatic N) is 1. The standard InChI is InChI=1S/C24H21Cl2NO4/c1-16(18-5-3-2-4-6-18)27(14-17-7-9-19(25)10-8-17)23(28)15-31-22-12-11-20(26)13-21(22)24(29)30/h2-13,16H,14-15H2,1H3,(H,29,30)/t16-/m1/s1. The van der Waals surface area contributed by atoms with Crippen LogP contribution in [0.15, 0.2) is 72.8 Å². The van der Waals surface area contributed by atoms with Crippen molar-refractivity contribution in [2.24, 2.45) is 0 Å². The molecule has 0 unspecified atom stereocenters. The molecular formula is C24H21Cl2NO4. The van der Waals surface area contributed by atoms with Crippen LogP contribution in [-0.2, 0) is 11.3 Å². The summed E-state index contributed by atoms with van der Waals surface area (Å²) in [5.74, 6) is -1.37. The predicted molar refractivity (Wildman–Crippen MR) is 121 cm³/mol. The maximum atomic E-state index is 13.2. The molecule has 0 spiro atoms. The molecule has 0 heterocycles. The lowest BCUT2D eigenvalue weighted by molar-refractivity contribution is -0.136. The van der Waals surface area contributed by atoms with E-state index in [1.165, 1.54) is 18.2 Å². The molecule has 7 heteroatoms. The van der Waals surface area contributed by atoms with E-state index >= 15 is 0 Å². The Labute approximate surface area is 190 Å². The summed E-state index contributed by atoms with van der Waals surface area (Å²) >= 11 is 11.9. The number of carboxylic acid groups (broad SMARTS) is 1. The van der Waals surface area contributed by atoms with E-state index in [9.17, 15) is 14.7 Å². The van der Waals surface area contributed by atoms with E-state index in [0.717, 1.165) is 11.1 Å². The van der Waals surface area contributed by atoms with Crippen LogP contribution in [0, 0.1) is 0 Å². The van der Waals surface area contributed by atoms with Gasteiger partial charge in [0.2, 0.25) is 0 Å². The lowest BCUT2D eigenvalue weighted by Gasteiger charge is -2.30. The van der Waals surface area contributed by atoms with Crippen LogP contribution in [-0.4, -0.2) is 28.5 Å². The zero-order chi connectivity index (χ0) is 22.4. The molecular weight excluding hydrogens is 437 g/mol. The molecule has 0 saturated heterocycles. The topological polar surface area (TPSA) is 66.8 Å². The first-order valence-corrected chi connectivity index (χ1v) is 10.3. The summed E-state index contributed by atoms with van der Waals surface area (Å²) in [7, 11) is 0. The van der Waals surface area contributed by atoms with Gasteiger partial charge in [-0.15, -0.1) is 0 Å². The molecule has 31 heavy (non-hydrogen) atoms. The number of carbonyl (C=O) groups is 2. The number of hydrogen-bond acceptors (Lipinski definition) is 3. The van der Waals surface area contributed by atoms with E-state index < -0.39 is 5.97 Å². The van der Waals surface area contributed by atoms with Crippen LogP contribution in [0.3, 0.4) is 0 Å². The third kappa shape index (κ3) is 6.00. The van der Waals surface area contributed by atoms with Crippen LogP contribution in [0.25, 0.3) is 0 Å². The van der Waals surface area contributed by atoms with Crippen LogP contribution < -0.4 is 4.74 Å². The van der Waals surface area contributed by atoms with Crippen molar-refractivity contribution in [3.8, 4) is 5.75 Å². The Balaban J connectivity index is 1.82. The van der Waals surface area contributed by atoms with E-state index in [1.807, 2.05) is 49.4 Å². The third-order valence-corrected chi connectivity index (χ3v) is 5.35. The number of carbonyl (C=O) groups excluding carboxylic acids is 1. The fourth-order valence-electron chi connectivity index (χ4n) is 3.16. The fraction of sp³-hybridized carbons (Fsp3) is 0.167. The van der Waals surface area contributed by atoms with E-state index in [-0.39, 0.29) is 34.9 Å². The van der Waals surface area contributed by atoms with Crippen LogP contribution in [0.4, 0.5) is 0 Å². The van der Waals surface area contributed by atoms with Gasteiger partial charge in [0.05, 0.1) is 6.04 Å². The van der Waals surface area contributed by atoms with Crippen molar-refractivity contribution >= 4 is 35.1 Å². The number of benzene rings is 3. The molecule has 1 N–H and O–H groups in total. The first kappa shape index (κ1) is 22.7. The van der Waals surface area contributed by atoms with Gasteiger partial charge in [0.25, 0.3) is 5.91 Å². The second kappa shape index (κ2) is 10.3. The maximum Gasteiger partial charge on any atom is 0.339 e. The Bertz CT molecular complexity index is 1050. The lowest BCUT2D eigenvalue weighted by Crippen LogP contribution is -2.36. The summed E-state index contributed by atoms with van der Waals surface area (Å²) < 4.78 is 5.59. The van der Waals surface area contributed by atoms with Gasteiger partial charge < -0.3 is 14.7 Å². The van der Waals surface area contributed by atoms with Gasteiger partial charge in [-0.2, -0.15) is 0 Å². The first-order valence-electron chi connectivity index (χ1n) is 9.59. The molecule has 0 bridgehead atoms. The van der Waals surface area contributed by atoms with Gasteiger partial charge in [-0.1, -0.05) is 65.7 Å². The van der Waals surface area contributed by atoms with Crippen molar-refractivity contribution < 1.29 is 19.4 Å². The number of halogens is 2. The van der Waals surface area contributed by atoms with Gasteiger partial charge in [-0.3, -0.25) is 4.79 Å². The average Bonchev–Trinajstić information content (AvgIpc) is 2.77. The Morgan fingerprint density at radius 3 is 2.26 bits per heavy atom. The molecule has 5 nitrogen and oxygen atoms in total. The maximum absolute atomic E-state index is 13.2. The van der Waals surface area contributed by atoms with Crippen molar-refractivity contribution in [1.29, 1.82) is 0 Å². The molecule has 0 aliphatic heterocycles. The van der Waals surface area contributed by atoms with Crippen molar-refractivity contribution in [3.05, 3.63) is 99.5 Å². The summed E-state index contributed by atoms with van der Waals surface area (Å²) in [6.07, 6.45) is 0. The summed E-state index contributed by atoms with van der Waals surface area (Å²) in [5, 5.41) is 10.3. The summed E-state index contributed by atoms with van der Waals surface area (Å²) in [4.78, 5) is 26.3. The smallest absolute Gasteiger partial charge is 0.339 e. The molecule has 160 valence electrons. The number of hydrogen-bond donors (Lipinski definition) is 1. The van der Waals surface area contributed by atoms with Crippen LogP contribution in [0.2, 0.25) is 10.0 Å². The minimum atomic E-state index is -1.18. The average molecular weight is 458 g/mol. The summed E-state index contributed by atoms with van der Waals surface area (Å²) in [5.41, 5.74) is 1.79. The molecule has 1 amide bonds. The van der Waals surface area contributed by atoms with Gasteiger partial charge in [-0.25, -0.2) is 4.79 Å². The zero-order valence-corrected chi connectivity index (χ0v) is 18.3. The van der Waals surface area contributed by atoms with E-state index in [2.05, 4.69) is 0 Å². The van der Waals surface area contributed by atoms with Gasteiger partial charge in [0, 0.05) is 16.6 Å². The van der Waals surface area contributed by atoms with Crippen molar-refractivity contribution in [3.63, 3.8) is 0 Å². The fourth-order valence-corrected chi connectivity index (χ4v) is 3.45. The number of rotatable bonds is 8. The monoisotopic (exact) mass is 457 g/mol. The highest BCUT2D eigenvalue weighted by atomic mass is 35.5. The highest BCUT2D eigenvalue weighted by molar-refractivity contribution is 6.31. The van der Waals surface area contributed by atoms with Crippen molar-refractivity contribution in [2.45, 2.75) is 19.5 Å². The van der Waals surface area contributed by atoms with Crippen LogP contribution >= 0.6 is 23.2 Å². The molecule has 0 aliphatic carbocycles. The van der Waals surface area contributed by atoms with Crippen LogP contribution in [0.5, 0.6) is 5.75 Å². The van der Waals surface area contributed by atoms with Crippen molar-refractivity contribution in [1.82, 2.24) is 4.90 Å². The molecule has 0 aliphatic rings. The molecule has 0 fully saturated rings. The Morgan fingerprint density at radius 2 is 1.61 bits per heavy atom. The molecule has 3 aromatic rings. The highest BCUT2D eigenvalue weighted by Crippen LogP contribution is 2.25. The van der Waals surface area contributed by atoms with E-state index in [1.54, 1.807) is 17.0 Å². The number of carboxylic acids is 1. The second-order valence-electron chi connectivity index (χ2n) is 6.97. The number of aromatic carboxylic acids is 1. The van der Waals surface area contributed by atoms with E-state index in [0.29, 0.717) is 11.6 Å². The molecule has 0 aromatic heterocycles. The number of amides is 1. The molecule has 1 atom stereocenters. The molecule has 0 radical (unpaired) electrons. The Kier molecular flexibility index (Phi) is 7.55. The second-order valence-corrected chi connectivity index (χ2v) is 7.84. The Hall–Kier alpha value is -3.02. The largest absolute Gasteiger partial charge is 0.483 e. The Morgan fingerprint density at radius 1 is 0.968 bits per heavy atom. The SMILES string of the molecule is C[C@H](c1ccccc1)N(Cc1ccc(Cl)cc1)C(=O)COc1ccc(Cl)cc1C(=O)O. The van der Waals surface area contributed by atoms with Crippen molar-refractivity contribution in [2.75, 3.05) is 6.61 Å². The molecule has 3 rings (SSSR count). The summed E-state index contributed by atoms with van der Waals surface area (Å²) in [6, 6.07) is 21.0. The predicted octanol–water partition coefficient (Wildman–Crippen LogP) is 5.86. The summed E-state index contributed by atoms with van der Waals surface area (Å²) in [6.45, 7) is 1.97.